The van der Waals surface area contributed by atoms with Gasteiger partial charge in [0.2, 0.25) is 11.9 Å². The van der Waals surface area contributed by atoms with Crippen molar-refractivity contribution < 1.29 is 13.2 Å². The Morgan fingerprint density at radius 2 is 1.69 bits per heavy atom. The molecule has 2 saturated heterocycles. The Hall–Kier alpha value is -2.50. The predicted molar refractivity (Wildman–Crippen MR) is 131 cm³/mol. The monoisotopic (exact) mass is 499 g/mol. The average molecular weight is 500 g/mol. The zero-order chi connectivity index (χ0) is 24.2. The summed E-state index contributed by atoms with van der Waals surface area (Å²) < 4.78 is 28.2. The number of H-pyrrole nitrogens is 1. The number of carbonyl (C=O) groups is 1. The van der Waals surface area contributed by atoms with Crippen molar-refractivity contribution in [1.82, 2.24) is 29.7 Å². The minimum atomic E-state index is -3.84. The minimum Gasteiger partial charge on any atom is -0.354 e. The van der Waals surface area contributed by atoms with Gasteiger partial charge in [0.1, 0.15) is 5.54 Å². The van der Waals surface area contributed by atoms with Crippen LogP contribution in [-0.4, -0.2) is 77.5 Å². The molecule has 2 aliphatic heterocycles. The summed E-state index contributed by atoms with van der Waals surface area (Å²) in [4.78, 5) is 19.3. The van der Waals surface area contributed by atoms with Crippen molar-refractivity contribution in [3.63, 3.8) is 0 Å². The van der Waals surface area contributed by atoms with Crippen LogP contribution in [0.4, 0.5) is 11.6 Å². The lowest BCUT2D eigenvalue weighted by atomic mass is 9.86. The first-order valence-corrected chi connectivity index (χ1v) is 14.2. The smallest absolute Gasteiger partial charge is 0.278 e. The van der Waals surface area contributed by atoms with Crippen molar-refractivity contribution in [3.05, 3.63) is 28.3 Å². The van der Waals surface area contributed by atoms with Crippen molar-refractivity contribution in [2.45, 2.75) is 68.5 Å². The Bertz CT molecular complexity index is 1230. The van der Waals surface area contributed by atoms with E-state index in [1.807, 2.05) is 7.05 Å². The molecule has 4 aliphatic rings. The maximum atomic E-state index is 13.4. The van der Waals surface area contributed by atoms with Gasteiger partial charge >= 0.3 is 0 Å². The number of piperidine rings is 1. The molecule has 1 spiro atoms. The standard InChI is InChI=1S/C24H33N7O3S/c1-30-12-4-11-25-21(32)24(30)9-13-31(14-10-24)35(33,34)23-27-22(28-29-23)26-20-18-7-2-5-16(18)15-17-6-3-8-19(17)20/h15H,2-14H2,1H3,(H,25,32)(H2,26,27,28,29). The summed E-state index contributed by atoms with van der Waals surface area (Å²) in [5, 5.41) is 13.1. The second-order valence-corrected chi connectivity index (χ2v) is 12.1. The van der Waals surface area contributed by atoms with E-state index in [1.54, 1.807) is 0 Å². The molecule has 0 atom stereocenters. The number of benzene rings is 1. The highest BCUT2D eigenvalue weighted by Crippen LogP contribution is 2.39. The third kappa shape index (κ3) is 3.75. The average Bonchev–Trinajstić information content (AvgIpc) is 3.60. The summed E-state index contributed by atoms with van der Waals surface area (Å²) >= 11 is 0. The second-order valence-electron chi connectivity index (χ2n) is 10.3. The van der Waals surface area contributed by atoms with Gasteiger partial charge in [-0.05, 0) is 87.1 Å². The fraction of sp³-hybridized carbons (Fsp3) is 0.625. The van der Waals surface area contributed by atoms with Crippen LogP contribution < -0.4 is 10.6 Å². The molecule has 0 radical (unpaired) electrons. The van der Waals surface area contributed by atoms with Crippen molar-refractivity contribution in [2.24, 2.45) is 0 Å². The first kappa shape index (κ1) is 22.9. The Morgan fingerprint density at radius 1 is 1.00 bits per heavy atom. The van der Waals surface area contributed by atoms with E-state index < -0.39 is 15.6 Å². The quantitative estimate of drug-likeness (QED) is 0.583. The molecule has 188 valence electrons. The summed E-state index contributed by atoms with van der Waals surface area (Å²) in [6, 6.07) is 2.36. The maximum absolute atomic E-state index is 13.4. The zero-order valence-corrected chi connectivity index (χ0v) is 21.0. The number of nitrogens with zero attached hydrogens (tertiary/aromatic N) is 4. The highest BCUT2D eigenvalue weighted by atomic mass is 32.2. The molecule has 0 bridgehead atoms. The Balaban J connectivity index is 1.21. The lowest BCUT2D eigenvalue weighted by molar-refractivity contribution is -0.134. The minimum absolute atomic E-state index is 0.00336. The highest BCUT2D eigenvalue weighted by Gasteiger charge is 2.47. The molecule has 2 fully saturated rings. The first-order valence-electron chi connectivity index (χ1n) is 12.7. The van der Waals surface area contributed by atoms with E-state index in [-0.39, 0.29) is 30.1 Å². The Labute approximate surface area is 205 Å². The predicted octanol–water partition coefficient (Wildman–Crippen LogP) is 1.50. The van der Waals surface area contributed by atoms with Gasteiger partial charge in [-0.3, -0.25) is 9.69 Å². The van der Waals surface area contributed by atoms with Crippen molar-refractivity contribution >= 4 is 27.6 Å². The fourth-order valence-corrected chi connectivity index (χ4v) is 7.67. The van der Waals surface area contributed by atoms with E-state index >= 15 is 0 Å². The Kier molecular flexibility index (Phi) is 5.61. The Morgan fingerprint density at radius 3 is 2.37 bits per heavy atom. The maximum Gasteiger partial charge on any atom is 0.278 e. The van der Waals surface area contributed by atoms with Crippen LogP contribution in [0.5, 0.6) is 0 Å². The number of rotatable bonds is 4. The van der Waals surface area contributed by atoms with Gasteiger partial charge in [0.15, 0.2) is 0 Å². The first-order chi connectivity index (χ1) is 16.9. The summed E-state index contributed by atoms with van der Waals surface area (Å²) in [6.45, 7) is 2.01. The molecular formula is C24H33N7O3S. The number of aromatic nitrogens is 3. The summed E-state index contributed by atoms with van der Waals surface area (Å²) in [6.07, 6.45) is 8.33. The molecule has 1 aromatic heterocycles. The van der Waals surface area contributed by atoms with Crippen LogP contribution in [0.15, 0.2) is 11.2 Å². The zero-order valence-electron chi connectivity index (χ0n) is 20.2. The van der Waals surface area contributed by atoms with Crippen LogP contribution in [0.3, 0.4) is 0 Å². The molecule has 0 saturated carbocycles. The van der Waals surface area contributed by atoms with Crippen molar-refractivity contribution in [3.8, 4) is 0 Å². The molecule has 11 heteroatoms. The molecule has 0 unspecified atom stereocenters. The second kappa shape index (κ2) is 8.56. The van der Waals surface area contributed by atoms with Crippen LogP contribution in [0.2, 0.25) is 0 Å². The molecule has 2 aromatic rings. The number of nitrogens with one attached hydrogen (secondary N) is 3. The van der Waals surface area contributed by atoms with E-state index in [0.717, 1.165) is 57.2 Å². The number of hydrogen-bond donors (Lipinski definition) is 3. The van der Waals surface area contributed by atoms with Gasteiger partial charge in [0.25, 0.3) is 15.2 Å². The fourth-order valence-electron chi connectivity index (χ4n) is 6.39. The van der Waals surface area contributed by atoms with Gasteiger partial charge in [0, 0.05) is 31.9 Å². The van der Waals surface area contributed by atoms with Gasteiger partial charge < -0.3 is 10.6 Å². The molecule has 35 heavy (non-hydrogen) atoms. The van der Waals surface area contributed by atoms with Crippen molar-refractivity contribution in [1.29, 1.82) is 0 Å². The van der Waals surface area contributed by atoms with Crippen molar-refractivity contribution in [2.75, 3.05) is 38.5 Å². The molecule has 2 aliphatic carbocycles. The molecule has 10 nitrogen and oxygen atoms in total. The highest BCUT2D eigenvalue weighted by molar-refractivity contribution is 7.88. The lowest BCUT2D eigenvalue weighted by Crippen LogP contribution is -2.61. The molecular weight excluding hydrogens is 466 g/mol. The largest absolute Gasteiger partial charge is 0.354 e. The third-order valence-electron chi connectivity index (χ3n) is 8.42. The SMILES string of the molecule is CN1CCCNC(=O)C12CCN(S(=O)(=O)c1nc(Nc3c4c(cc5c3CCC5)CCC4)n[nH]1)CC2. The van der Waals surface area contributed by atoms with E-state index in [9.17, 15) is 13.2 Å². The third-order valence-corrected chi connectivity index (χ3v) is 10.1. The van der Waals surface area contributed by atoms with Gasteiger partial charge in [-0.25, -0.2) is 13.5 Å². The molecule has 1 aromatic carbocycles. The normalized spacial score (nSPS) is 22.6. The molecule has 1 amide bonds. The number of anilines is 2. The number of likely N-dealkylation sites (N-methyl/N-ethyl adjacent to an activating group) is 1. The summed E-state index contributed by atoms with van der Waals surface area (Å²) in [5.74, 6) is 0.290. The van der Waals surface area contributed by atoms with Crippen LogP contribution in [-0.2, 0) is 40.5 Å². The molecule has 3 heterocycles. The number of hydrogen-bond acceptors (Lipinski definition) is 7. The van der Waals surface area contributed by atoms with Crippen LogP contribution >= 0.6 is 0 Å². The van der Waals surface area contributed by atoms with Crippen LogP contribution in [0, 0.1) is 0 Å². The van der Waals surface area contributed by atoms with E-state index in [2.05, 4.69) is 36.8 Å². The summed E-state index contributed by atoms with van der Waals surface area (Å²) in [5.41, 5.74) is 5.87. The number of aryl methyl sites for hydroxylation is 2. The van der Waals surface area contributed by atoms with Crippen LogP contribution in [0.25, 0.3) is 0 Å². The van der Waals surface area contributed by atoms with E-state index in [1.165, 1.54) is 26.6 Å². The molecule has 6 rings (SSSR count). The lowest BCUT2D eigenvalue weighted by Gasteiger charge is -2.44. The van der Waals surface area contributed by atoms with Gasteiger partial charge in [-0.1, -0.05) is 6.07 Å². The number of amides is 1. The number of carbonyl (C=O) groups excluding carboxylic acids is 1. The van der Waals surface area contributed by atoms with E-state index in [0.29, 0.717) is 19.4 Å². The van der Waals surface area contributed by atoms with Gasteiger partial charge in [0.05, 0.1) is 0 Å². The number of fused-ring (bicyclic) bond motifs is 2. The topological polar surface area (TPSA) is 123 Å². The summed E-state index contributed by atoms with van der Waals surface area (Å²) in [7, 11) is -1.88. The van der Waals surface area contributed by atoms with E-state index in [4.69, 9.17) is 0 Å². The molecule has 3 N–H and O–H groups in total. The van der Waals surface area contributed by atoms with Gasteiger partial charge in [-0.15, -0.1) is 5.10 Å². The number of aromatic amines is 1. The number of sulfonamides is 1. The van der Waals surface area contributed by atoms with Gasteiger partial charge in [-0.2, -0.15) is 9.29 Å². The van der Waals surface area contributed by atoms with Crippen LogP contribution in [0.1, 0.15) is 54.4 Å².